The SMILES string of the molecule is CCc1cc(Cl)cc(CNOC)c1. The molecular formula is C10H14ClNO. The summed E-state index contributed by atoms with van der Waals surface area (Å²) in [5, 5.41) is 0.784. The largest absolute Gasteiger partial charge is 0.305 e. The molecule has 0 heterocycles. The predicted molar refractivity (Wildman–Crippen MR) is 54.7 cm³/mol. The van der Waals surface area contributed by atoms with E-state index in [0.717, 1.165) is 17.0 Å². The van der Waals surface area contributed by atoms with Gasteiger partial charge in [-0.25, -0.2) is 0 Å². The van der Waals surface area contributed by atoms with Gasteiger partial charge in [0.25, 0.3) is 0 Å². The van der Waals surface area contributed by atoms with Crippen molar-refractivity contribution >= 4 is 11.6 Å². The summed E-state index contributed by atoms with van der Waals surface area (Å²) >= 11 is 5.94. The molecule has 0 saturated heterocycles. The third kappa shape index (κ3) is 3.35. The molecule has 0 fully saturated rings. The molecule has 0 unspecified atom stereocenters. The maximum atomic E-state index is 5.94. The zero-order chi connectivity index (χ0) is 9.68. The number of aryl methyl sites for hydroxylation is 1. The molecular weight excluding hydrogens is 186 g/mol. The number of nitrogens with one attached hydrogen (secondary N) is 1. The van der Waals surface area contributed by atoms with Crippen molar-refractivity contribution in [1.29, 1.82) is 0 Å². The minimum atomic E-state index is 0.685. The van der Waals surface area contributed by atoms with Crippen molar-refractivity contribution in [3.63, 3.8) is 0 Å². The lowest BCUT2D eigenvalue weighted by atomic mass is 10.1. The standard InChI is InChI=1S/C10H14ClNO/c1-3-8-4-9(7-12-13-2)6-10(11)5-8/h4-6,12H,3,7H2,1-2H3. The van der Waals surface area contributed by atoms with Gasteiger partial charge in [0.15, 0.2) is 0 Å². The van der Waals surface area contributed by atoms with Crippen LogP contribution in [0.4, 0.5) is 0 Å². The van der Waals surface area contributed by atoms with Crippen LogP contribution in [0.2, 0.25) is 5.02 Å². The summed E-state index contributed by atoms with van der Waals surface area (Å²) in [6.45, 7) is 2.79. The highest BCUT2D eigenvalue weighted by Gasteiger charge is 1.97. The van der Waals surface area contributed by atoms with Crippen molar-refractivity contribution in [2.75, 3.05) is 7.11 Å². The first-order valence-electron chi connectivity index (χ1n) is 4.30. The Kier molecular flexibility index (Phi) is 4.22. The van der Waals surface area contributed by atoms with E-state index >= 15 is 0 Å². The molecule has 0 spiro atoms. The number of hydrogen-bond donors (Lipinski definition) is 1. The number of rotatable bonds is 4. The molecule has 3 heteroatoms. The van der Waals surface area contributed by atoms with E-state index in [1.807, 2.05) is 12.1 Å². The van der Waals surface area contributed by atoms with Crippen molar-refractivity contribution in [3.05, 3.63) is 34.3 Å². The topological polar surface area (TPSA) is 21.3 Å². The van der Waals surface area contributed by atoms with Crippen molar-refractivity contribution < 1.29 is 4.84 Å². The number of hydrogen-bond acceptors (Lipinski definition) is 2. The average molecular weight is 200 g/mol. The third-order valence-corrected chi connectivity index (χ3v) is 2.06. The van der Waals surface area contributed by atoms with Crippen LogP contribution in [0.25, 0.3) is 0 Å². The molecule has 0 amide bonds. The molecule has 1 aromatic rings. The average Bonchev–Trinajstić information content (AvgIpc) is 2.14. The van der Waals surface area contributed by atoms with Gasteiger partial charge >= 0.3 is 0 Å². The van der Waals surface area contributed by atoms with Crippen LogP contribution in [0.15, 0.2) is 18.2 Å². The molecule has 0 aliphatic heterocycles. The van der Waals surface area contributed by atoms with E-state index in [1.165, 1.54) is 5.56 Å². The van der Waals surface area contributed by atoms with Crippen LogP contribution in [0.1, 0.15) is 18.1 Å². The second kappa shape index (κ2) is 5.22. The van der Waals surface area contributed by atoms with E-state index in [-0.39, 0.29) is 0 Å². The second-order valence-electron chi connectivity index (χ2n) is 2.85. The van der Waals surface area contributed by atoms with Gasteiger partial charge in [0, 0.05) is 11.6 Å². The van der Waals surface area contributed by atoms with E-state index in [4.69, 9.17) is 16.4 Å². The molecule has 1 aromatic carbocycles. The Labute approximate surface area is 83.8 Å². The Morgan fingerprint density at radius 1 is 1.31 bits per heavy atom. The van der Waals surface area contributed by atoms with E-state index in [0.29, 0.717) is 6.54 Å². The highest BCUT2D eigenvalue weighted by Crippen LogP contribution is 2.15. The lowest BCUT2D eigenvalue weighted by Gasteiger charge is -2.05. The molecule has 0 bridgehead atoms. The van der Waals surface area contributed by atoms with Crippen molar-refractivity contribution in [3.8, 4) is 0 Å². The van der Waals surface area contributed by atoms with Gasteiger partial charge in [-0.3, -0.25) is 0 Å². The maximum absolute atomic E-state index is 5.94. The van der Waals surface area contributed by atoms with Gasteiger partial charge in [0.2, 0.25) is 0 Å². The lowest BCUT2D eigenvalue weighted by Crippen LogP contribution is -2.10. The normalized spacial score (nSPS) is 10.4. The summed E-state index contributed by atoms with van der Waals surface area (Å²) in [4.78, 5) is 4.77. The Balaban J connectivity index is 2.76. The summed E-state index contributed by atoms with van der Waals surface area (Å²) in [5.74, 6) is 0. The quantitative estimate of drug-likeness (QED) is 0.753. The fourth-order valence-corrected chi connectivity index (χ4v) is 1.46. The van der Waals surface area contributed by atoms with Crippen LogP contribution in [0, 0.1) is 0 Å². The first-order valence-corrected chi connectivity index (χ1v) is 4.68. The van der Waals surface area contributed by atoms with Crippen molar-refractivity contribution in [1.82, 2.24) is 5.48 Å². The van der Waals surface area contributed by atoms with Crippen LogP contribution in [-0.2, 0) is 17.8 Å². The molecule has 1 rings (SSSR count). The van der Waals surface area contributed by atoms with E-state index in [2.05, 4.69) is 18.5 Å². The van der Waals surface area contributed by atoms with Crippen LogP contribution in [0.3, 0.4) is 0 Å². The highest BCUT2D eigenvalue weighted by atomic mass is 35.5. The molecule has 0 aromatic heterocycles. The van der Waals surface area contributed by atoms with Gasteiger partial charge in [-0.05, 0) is 29.7 Å². The van der Waals surface area contributed by atoms with E-state index < -0.39 is 0 Å². The number of halogens is 1. The molecule has 0 aliphatic rings. The molecule has 0 saturated carbocycles. The molecule has 2 nitrogen and oxygen atoms in total. The summed E-state index contributed by atoms with van der Waals surface area (Å²) in [5.41, 5.74) is 5.18. The smallest absolute Gasteiger partial charge is 0.0572 e. The van der Waals surface area contributed by atoms with Crippen LogP contribution >= 0.6 is 11.6 Å². The van der Waals surface area contributed by atoms with Gasteiger partial charge in [0.05, 0.1) is 7.11 Å². The number of benzene rings is 1. The highest BCUT2D eigenvalue weighted by molar-refractivity contribution is 6.30. The van der Waals surface area contributed by atoms with Crippen LogP contribution in [-0.4, -0.2) is 7.11 Å². The Morgan fingerprint density at radius 2 is 2.00 bits per heavy atom. The van der Waals surface area contributed by atoms with Gasteiger partial charge in [-0.15, -0.1) is 0 Å². The van der Waals surface area contributed by atoms with E-state index in [1.54, 1.807) is 7.11 Å². The summed E-state index contributed by atoms with van der Waals surface area (Å²) in [7, 11) is 1.60. The molecule has 13 heavy (non-hydrogen) atoms. The third-order valence-electron chi connectivity index (χ3n) is 1.85. The summed E-state index contributed by atoms with van der Waals surface area (Å²) in [6.07, 6.45) is 1.00. The van der Waals surface area contributed by atoms with Gasteiger partial charge in [-0.2, -0.15) is 5.48 Å². The Bertz CT molecular complexity index is 276. The fraction of sp³-hybridized carbons (Fsp3) is 0.400. The maximum Gasteiger partial charge on any atom is 0.0572 e. The first-order chi connectivity index (χ1) is 6.26. The minimum absolute atomic E-state index is 0.685. The van der Waals surface area contributed by atoms with Crippen molar-refractivity contribution in [2.45, 2.75) is 19.9 Å². The van der Waals surface area contributed by atoms with Gasteiger partial charge in [-0.1, -0.05) is 24.6 Å². The zero-order valence-corrected chi connectivity index (χ0v) is 8.69. The Hall–Kier alpha value is -0.570. The van der Waals surface area contributed by atoms with E-state index in [9.17, 15) is 0 Å². The van der Waals surface area contributed by atoms with Crippen molar-refractivity contribution in [2.24, 2.45) is 0 Å². The summed E-state index contributed by atoms with van der Waals surface area (Å²) < 4.78 is 0. The zero-order valence-electron chi connectivity index (χ0n) is 7.93. The Morgan fingerprint density at radius 3 is 2.62 bits per heavy atom. The molecule has 72 valence electrons. The lowest BCUT2D eigenvalue weighted by molar-refractivity contribution is 0.0867. The molecule has 0 atom stereocenters. The van der Waals surface area contributed by atoms with Gasteiger partial charge < -0.3 is 4.84 Å². The molecule has 0 aliphatic carbocycles. The van der Waals surface area contributed by atoms with Gasteiger partial charge in [0.1, 0.15) is 0 Å². The summed E-state index contributed by atoms with van der Waals surface area (Å²) in [6, 6.07) is 6.04. The fourth-order valence-electron chi connectivity index (χ4n) is 1.18. The molecule has 1 N–H and O–H groups in total. The minimum Gasteiger partial charge on any atom is -0.305 e. The predicted octanol–water partition coefficient (Wildman–Crippen LogP) is 2.55. The van der Waals surface area contributed by atoms with Crippen LogP contribution < -0.4 is 5.48 Å². The monoisotopic (exact) mass is 199 g/mol. The first kappa shape index (κ1) is 10.5. The number of hydroxylamine groups is 1. The van der Waals surface area contributed by atoms with Crippen LogP contribution in [0.5, 0.6) is 0 Å². The molecule has 0 radical (unpaired) electrons. The second-order valence-corrected chi connectivity index (χ2v) is 3.28.